The zero-order valence-corrected chi connectivity index (χ0v) is 16.2. The van der Waals surface area contributed by atoms with Gasteiger partial charge in [0.25, 0.3) is 5.91 Å². The summed E-state index contributed by atoms with van der Waals surface area (Å²) in [6, 6.07) is 8.03. The zero-order chi connectivity index (χ0) is 21.5. The summed E-state index contributed by atoms with van der Waals surface area (Å²) in [5.41, 5.74) is 2.03. The molecule has 1 aliphatic rings. The van der Waals surface area contributed by atoms with Gasteiger partial charge in [0.15, 0.2) is 0 Å². The Labute approximate surface area is 171 Å². The fraction of sp³-hybridized carbons (Fsp3) is 0.227. The van der Waals surface area contributed by atoms with Gasteiger partial charge in [-0.25, -0.2) is 0 Å². The molecule has 0 saturated heterocycles. The predicted octanol–water partition coefficient (Wildman–Crippen LogP) is 4.23. The van der Waals surface area contributed by atoms with Crippen LogP contribution in [0.2, 0.25) is 0 Å². The standard InChI is InChI=1S/C22H17F3N4O/c1-14-11-16(9-10-26-14)3-4-17-12-27-29-15(2)13-28(21(30)20(17)29)19-7-5-18(6-8-19)22(23,24)25/h5-12,15H,13H2,1-2H3/t15-/m0/s1. The Morgan fingerprint density at radius 3 is 2.53 bits per heavy atom. The van der Waals surface area contributed by atoms with Gasteiger partial charge in [-0.1, -0.05) is 11.8 Å². The Balaban J connectivity index is 1.68. The monoisotopic (exact) mass is 410 g/mol. The number of carbonyl (C=O) groups is 1. The van der Waals surface area contributed by atoms with Crippen molar-refractivity contribution in [2.45, 2.75) is 26.1 Å². The van der Waals surface area contributed by atoms with Crippen LogP contribution in [0.4, 0.5) is 18.9 Å². The minimum absolute atomic E-state index is 0.154. The van der Waals surface area contributed by atoms with E-state index in [0.29, 0.717) is 23.5 Å². The summed E-state index contributed by atoms with van der Waals surface area (Å²) in [6.45, 7) is 4.05. The van der Waals surface area contributed by atoms with Crippen molar-refractivity contribution in [2.75, 3.05) is 11.4 Å². The van der Waals surface area contributed by atoms with Crippen molar-refractivity contribution in [2.24, 2.45) is 0 Å². The highest BCUT2D eigenvalue weighted by molar-refractivity contribution is 6.07. The largest absolute Gasteiger partial charge is 0.416 e. The first kappa shape index (κ1) is 19.7. The number of halogens is 3. The first-order valence-electron chi connectivity index (χ1n) is 9.25. The number of carbonyl (C=O) groups excluding carboxylic acids is 1. The number of rotatable bonds is 1. The molecule has 2 aromatic heterocycles. The molecule has 1 aromatic carbocycles. The molecule has 0 bridgehead atoms. The second kappa shape index (κ2) is 7.34. The van der Waals surface area contributed by atoms with Gasteiger partial charge in [-0.2, -0.15) is 18.3 Å². The normalized spacial score (nSPS) is 16.1. The molecule has 1 amide bonds. The molecule has 1 atom stereocenters. The molecular formula is C22H17F3N4O. The maximum Gasteiger partial charge on any atom is 0.416 e. The van der Waals surface area contributed by atoms with Crippen LogP contribution in [0.1, 0.15) is 45.8 Å². The van der Waals surface area contributed by atoms with Crippen LogP contribution in [0.5, 0.6) is 0 Å². The molecule has 5 nitrogen and oxygen atoms in total. The highest BCUT2D eigenvalue weighted by atomic mass is 19.4. The lowest BCUT2D eigenvalue weighted by Crippen LogP contribution is -2.43. The van der Waals surface area contributed by atoms with Gasteiger partial charge in [0, 0.05) is 29.7 Å². The fourth-order valence-corrected chi connectivity index (χ4v) is 3.37. The van der Waals surface area contributed by atoms with Gasteiger partial charge in [-0.05, 0) is 50.2 Å². The van der Waals surface area contributed by atoms with Gasteiger partial charge < -0.3 is 4.90 Å². The average molecular weight is 410 g/mol. The number of aromatic nitrogens is 3. The third kappa shape index (κ3) is 3.66. The first-order chi connectivity index (χ1) is 14.2. The molecule has 30 heavy (non-hydrogen) atoms. The van der Waals surface area contributed by atoms with E-state index in [9.17, 15) is 18.0 Å². The molecule has 0 saturated carbocycles. The van der Waals surface area contributed by atoms with Crippen molar-refractivity contribution in [1.29, 1.82) is 0 Å². The number of alkyl halides is 3. The number of fused-ring (bicyclic) bond motifs is 1. The lowest BCUT2D eigenvalue weighted by molar-refractivity contribution is -0.137. The highest BCUT2D eigenvalue weighted by Gasteiger charge is 2.34. The van der Waals surface area contributed by atoms with Gasteiger partial charge in [-0.3, -0.25) is 14.5 Å². The van der Waals surface area contributed by atoms with Gasteiger partial charge >= 0.3 is 6.18 Å². The number of hydrogen-bond acceptors (Lipinski definition) is 3. The van der Waals surface area contributed by atoms with E-state index < -0.39 is 11.7 Å². The molecule has 4 rings (SSSR count). The minimum Gasteiger partial charge on any atom is -0.305 e. The Hall–Kier alpha value is -3.60. The molecule has 152 valence electrons. The SMILES string of the molecule is Cc1cc(C#Cc2cnn3c2C(=O)N(c2ccc(C(F)(F)F)cc2)C[C@@H]3C)ccn1. The van der Waals surface area contributed by atoms with Crippen molar-refractivity contribution >= 4 is 11.6 Å². The number of pyridine rings is 1. The van der Waals surface area contributed by atoms with E-state index in [-0.39, 0.29) is 11.9 Å². The summed E-state index contributed by atoms with van der Waals surface area (Å²) in [5, 5.41) is 4.30. The highest BCUT2D eigenvalue weighted by Crippen LogP contribution is 2.32. The van der Waals surface area contributed by atoms with E-state index in [0.717, 1.165) is 23.4 Å². The number of amides is 1. The Morgan fingerprint density at radius 1 is 1.13 bits per heavy atom. The smallest absolute Gasteiger partial charge is 0.305 e. The van der Waals surface area contributed by atoms with Crippen LogP contribution < -0.4 is 4.90 Å². The third-order valence-corrected chi connectivity index (χ3v) is 4.85. The van der Waals surface area contributed by atoms with Crippen LogP contribution in [0.15, 0.2) is 48.8 Å². The molecule has 3 heterocycles. The van der Waals surface area contributed by atoms with E-state index in [1.807, 2.05) is 19.9 Å². The van der Waals surface area contributed by atoms with Crippen LogP contribution >= 0.6 is 0 Å². The molecule has 8 heteroatoms. The van der Waals surface area contributed by atoms with Crippen LogP contribution in [0.3, 0.4) is 0 Å². The van der Waals surface area contributed by atoms with Crippen molar-refractivity contribution in [3.63, 3.8) is 0 Å². The number of benzene rings is 1. The third-order valence-electron chi connectivity index (χ3n) is 4.85. The van der Waals surface area contributed by atoms with Gasteiger partial charge in [-0.15, -0.1) is 0 Å². The summed E-state index contributed by atoms with van der Waals surface area (Å²) in [7, 11) is 0. The minimum atomic E-state index is -4.43. The Kier molecular flexibility index (Phi) is 4.82. The molecule has 0 spiro atoms. The molecule has 0 radical (unpaired) electrons. The number of nitrogens with zero attached hydrogens (tertiary/aromatic N) is 4. The lowest BCUT2D eigenvalue weighted by atomic mass is 10.1. The van der Waals surface area contributed by atoms with Crippen molar-refractivity contribution in [1.82, 2.24) is 14.8 Å². The molecule has 0 fully saturated rings. The summed E-state index contributed by atoms with van der Waals surface area (Å²) >= 11 is 0. The van der Waals surface area contributed by atoms with E-state index >= 15 is 0 Å². The predicted molar refractivity (Wildman–Crippen MR) is 105 cm³/mol. The van der Waals surface area contributed by atoms with Gasteiger partial charge in [0.05, 0.1) is 23.4 Å². The summed E-state index contributed by atoms with van der Waals surface area (Å²) in [4.78, 5) is 18.7. The Morgan fingerprint density at radius 2 is 1.87 bits per heavy atom. The fourth-order valence-electron chi connectivity index (χ4n) is 3.37. The molecule has 1 aliphatic heterocycles. The number of hydrogen-bond donors (Lipinski definition) is 0. The molecule has 3 aromatic rings. The second-order valence-electron chi connectivity index (χ2n) is 7.10. The van der Waals surface area contributed by atoms with E-state index in [1.54, 1.807) is 23.1 Å². The van der Waals surface area contributed by atoms with Crippen LogP contribution in [0, 0.1) is 18.8 Å². The maximum absolute atomic E-state index is 13.2. The summed E-state index contributed by atoms with van der Waals surface area (Å²) < 4.78 is 40.2. The quantitative estimate of drug-likeness (QED) is 0.565. The number of aryl methyl sites for hydroxylation is 1. The first-order valence-corrected chi connectivity index (χ1v) is 9.25. The van der Waals surface area contributed by atoms with E-state index in [4.69, 9.17) is 0 Å². The van der Waals surface area contributed by atoms with Crippen LogP contribution in [0.25, 0.3) is 0 Å². The maximum atomic E-state index is 13.2. The van der Waals surface area contributed by atoms with E-state index in [1.165, 1.54) is 17.0 Å². The topological polar surface area (TPSA) is 51.0 Å². The summed E-state index contributed by atoms with van der Waals surface area (Å²) in [5.74, 6) is 5.66. The number of anilines is 1. The lowest BCUT2D eigenvalue weighted by Gasteiger charge is -2.32. The van der Waals surface area contributed by atoms with E-state index in [2.05, 4.69) is 21.9 Å². The molecular weight excluding hydrogens is 393 g/mol. The van der Waals surface area contributed by atoms with Gasteiger partial charge in [0.2, 0.25) is 0 Å². The van der Waals surface area contributed by atoms with Crippen LogP contribution in [-0.4, -0.2) is 27.2 Å². The average Bonchev–Trinajstić information content (AvgIpc) is 3.14. The Bertz CT molecular complexity index is 1170. The summed E-state index contributed by atoms with van der Waals surface area (Å²) in [6.07, 6.45) is -1.22. The zero-order valence-electron chi connectivity index (χ0n) is 16.2. The molecule has 0 N–H and O–H groups in total. The molecule has 0 aliphatic carbocycles. The molecule has 0 unspecified atom stereocenters. The van der Waals surface area contributed by atoms with Crippen molar-refractivity contribution in [3.05, 3.63) is 76.9 Å². The second-order valence-corrected chi connectivity index (χ2v) is 7.10. The van der Waals surface area contributed by atoms with Crippen molar-refractivity contribution < 1.29 is 18.0 Å². The van der Waals surface area contributed by atoms with Gasteiger partial charge in [0.1, 0.15) is 5.69 Å². The van der Waals surface area contributed by atoms with Crippen LogP contribution in [-0.2, 0) is 6.18 Å². The van der Waals surface area contributed by atoms with Crippen molar-refractivity contribution in [3.8, 4) is 11.8 Å².